The van der Waals surface area contributed by atoms with Crippen molar-refractivity contribution in [3.63, 3.8) is 0 Å². The molecule has 8 heteroatoms. The maximum Gasteiger partial charge on any atom is 0.292 e. The molecule has 128 valence electrons. The van der Waals surface area contributed by atoms with E-state index in [1.807, 2.05) is 30.3 Å². The number of anilines is 1. The average molecular weight is 381 g/mol. The molecule has 0 radical (unpaired) electrons. The SMILES string of the molecule is O=C(Nc1ccccc1[N+](=O)[O-])c1ccc(-c2nc3ccccc3s2)s1. The maximum absolute atomic E-state index is 12.5. The van der Waals surface area contributed by atoms with Crippen LogP contribution in [0.25, 0.3) is 20.1 Å². The zero-order valence-corrected chi connectivity index (χ0v) is 14.8. The quantitative estimate of drug-likeness (QED) is 0.390. The van der Waals surface area contributed by atoms with Crippen LogP contribution in [0.3, 0.4) is 0 Å². The molecule has 6 nitrogen and oxygen atoms in total. The highest BCUT2D eigenvalue weighted by Gasteiger charge is 2.18. The Balaban J connectivity index is 1.60. The van der Waals surface area contributed by atoms with E-state index < -0.39 is 4.92 Å². The van der Waals surface area contributed by atoms with Gasteiger partial charge < -0.3 is 5.32 Å². The number of thiophene rings is 1. The molecule has 0 spiro atoms. The number of rotatable bonds is 4. The number of thiazole rings is 1. The Morgan fingerprint density at radius 2 is 1.77 bits per heavy atom. The molecule has 1 amide bonds. The van der Waals surface area contributed by atoms with Crippen molar-refractivity contribution in [2.24, 2.45) is 0 Å². The molecule has 0 aliphatic carbocycles. The number of aromatic nitrogens is 1. The molecule has 4 aromatic rings. The number of nitro benzene ring substituents is 1. The summed E-state index contributed by atoms with van der Waals surface area (Å²) in [6.45, 7) is 0. The van der Waals surface area contributed by atoms with Gasteiger partial charge in [0.15, 0.2) is 0 Å². The van der Waals surface area contributed by atoms with E-state index in [1.54, 1.807) is 29.5 Å². The van der Waals surface area contributed by atoms with Gasteiger partial charge in [-0.1, -0.05) is 24.3 Å². The van der Waals surface area contributed by atoms with E-state index in [4.69, 9.17) is 0 Å². The third-order valence-electron chi connectivity index (χ3n) is 3.68. The summed E-state index contributed by atoms with van der Waals surface area (Å²) in [6, 6.07) is 17.5. The first-order valence-electron chi connectivity index (χ1n) is 7.62. The summed E-state index contributed by atoms with van der Waals surface area (Å²) in [5, 5.41) is 14.5. The highest BCUT2D eigenvalue weighted by Crippen LogP contribution is 2.35. The molecule has 2 heterocycles. The van der Waals surface area contributed by atoms with Gasteiger partial charge >= 0.3 is 0 Å². The maximum atomic E-state index is 12.5. The zero-order chi connectivity index (χ0) is 18.1. The van der Waals surface area contributed by atoms with Crippen molar-refractivity contribution in [3.8, 4) is 9.88 Å². The van der Waals surface area contributed by atoms with Gasteiger partial charge in [-0.3, -0.25) is 14.9 Å². The van der Waals surface area contributed by atoms with E-state index >= 15 is 0 Å². The van der Waals surface area contributed by atoms with Crippen molar-refractivity contribution in [2.75, 3.05) is 5.32 Å². The van der Waals surface area contributed by atoms with Gasteiger partial charge in [0, 0.05) is 6.07 Å². The molecule has 4 rings (SSSR count). The van der Waals surface area contributed by atoms with Gasteiger partial charge in [0.2, 0.25) is 0 Å². The Labute approximate surface area is 155 Å². The minimum atomic E-state index is -0.517. The first-order chi connectivity index (χ1) is 12.6. The lowest BCUT2D eigenvalue weighted by molar-refractivity contribution is -0.383. The Kier molecular flexibility index (Phi) is 4.19. The minimum absolute atomic E-state index is 0.135. The summed E-state index contributed by atoms with van der Waals surface area (Å²) in [6.07, 6.45) is 0. The second kappa shape index (κ2) is 6.66. The number of para-hydroxylation sites is 3. The van der Waals surface area contributed by atoms with Gasteiger partial charge in [-0.2, -0.15) is 0 Å². The standard InChI is InChI=1S/C18H11N3O3S2/c22-17(19-11-5-1-3-7-13(11)21(23)24)15-9-10-16(25-15)18-20-12-6-2-4-8-14(12)26-18/h1-10H,(H,19,22). The van der Waals surface area contributed by atoms with Crippen LogP contribution in [-0.4, -0.2) is 15.8 Å². The van der Waals surface area contributed by atoms with Crippen LogP contribution in [0.1, 0.15) is 9.67 Å². The second-order valence-corrected chi connectivity index (χ2v) is 7.49. The predicted molar refractivity (Wildman–Crippen MR) is 104 cm³/mol. The fourth-order valence-electron chi connectivity index (χ4n) is 2.47. The Morgan fingerprint density at radius 3 is 2.58 bits per heavy atom. The van der Waals surface area contributed by atoms with Crippen molar-refractivity contribution < 1.29 is 9.72 Å². The Morgan fingerprint density at radius 1 is 1.00 bits per heavy atom. The topological polar surface area (TPSA) is 85.1 Å². The van der Waals surface area contributed by atoms with Gasteiger partial charge in [0.1, 0.15) is 10.7 Å². The van der Waals surface area contributed by atoms with Gasteiger partial charge in [0.05, 0.1) is 24.9 Å². The second-order valence-electron chi connectivity index (χ2n) is 5.38. The molecular formula is C18H11N3O3S2. The first-order valence-corrected chi connectivity index (χ1v) is 9.25. The number of carbonyl (C=O) groups is 1. The van der Waals surface area contributed by atoms with Crippen molar-refractivity contribution in [1.29, 1.82) is 0 Å². The monoisotopic (exact) mass is 381 g/mol. The van der Waals surface area contributed by atoms with E-state index in [2.05, 4.69) is 10.3 Å². The largest absolute Gasteiger partial charge is 0.316 e. The summed E-state index contributed by atoms with van der Waals surface area (Å²) in [5.74, 6) is -0.378. The summed E-state index contributed by atoms with van der Waals surface area (Å²) < 4.78 is 1.09. The molecular weight excluding hydrogens is 370 g/mol. The minimum Gasteiger partial charge on any atom is -0.316 e. The number of carbonyl (C=O) groups excluding carboxylic acids is 1. The molecule has 0 saturated heterocycles. The van der Waals surface area contributed by atoms with Crippen LogP contribution < -0.4 is 5.32 Å². The van der Waals surface area contributed by atoms with Crippen molar-refractivity contribution >= 4 is 50.2 Å². The smallest absolute Gasteiger partial charge is 0.292 e. The third-order valence-corrected chi connectivity index (χ3v) is 5.97. The van der Waals surface area contributed by atoms with Crippen molar-refractivity contribution in [1.82, 2.24) is 4.98 Å². The Hall–Kier alpha value is -3.10. The lowest BCUT2D eigenvalue weighted by atomic mass is 10.2. The van der Waals surface area contributed by atoms with Crippen LogP contribution in [0, 0.1) is 10.1 Å². The Bertz CT molecular complexity index is 1100. The summed E-state index contributed by atoms with van der Waals surface area (Å²) in [4.78, 5) is 29.0. The average Bonchev–Trinajstić information content (AvgIpc) is 3.28. The molecule has 0 fully saturated rings. The van der Waals surface area contributed by atoms with Crippen LogP contribution in [0.4, 0.5) is 11.4 Å². The van der Waals surface area contributed by atoms with Crippen LogP contribution in [-0.2, 0) is 0 Å². The molecule has 0 aliphatic heterocycles. The van der Waals surface area contributed by atoms with Crippen LogP contribution in [0.2, 0.25) is 0 Å². The van der Waals surface area contributed by atoms with E-state index in [9.17, 15) is 14.9 Å². The molecule has 2 aromatic carbocycles. The van der Waals surface area contributed by atoms with Crippen molar-refractivity contribution in [2.45, 2.75) is 0 Å². The van der Waals surface area contributed by atoms with E-state index in [0.717, 1.165) is 20.1 Å². The molecule has 0 unspecified atom stereocenters. The number of nitrogens with one attached hydrogen (secondary N) is 1. The van der Waals surface area contributed by atoms with E-state index in [0.29, 0.717) is 4.88 Å². The van der Waals surface area contributed by atoms with Crippen molar-refractivity contribution in [3.05, 3.63) is 75.7 Å². The summed E-state index contributed by atoms with van der Waals surface area (Å²) >= 11 is 2.87. The molecule has 26 heavy (non-hydrogen) atoms. The fraction of sp³-hybridized carbons (Fsp3) is 0. The predicted octanol–water partition coefficient (Wildman–Crippen LogP) is 5.19. The lowest BCUT2D eigenvalue weighted by Gasteiger charge is -2.03. The highest BCUT2D eigenvalue weighted by molar-refractivity contribution is 7.26. The van der Waals surface area contributed by atoms with Gasteiger partial charge in [-0.05, 0) is 30.3 Å². The molecule has 0 bridgehead atoms. The fourth-order valence-corrected chi connectivity index (χ4v) is 4.40. The van der Waals surface area contributed by atoms with E-state index in [1.165, 1.54) is 23.5 Å². The van der Waals surface area contributed by atoms with E-state index in [-0.39, 0.29) is 17.3 Å². The van der Waals surface area contributed by atoms with Gasteiger partial charge in [0.25, 0.3) is 11.6 Å². The van der Waals surface area contributed by atoms with Gasteiger partial charge in [-0.25, -0.2) is 4.98 Å². The number of fused-ring (bicyclic) bond motifs is 1. The highest BCUT2D eigenvalue weighted by atomic mass is 32.1. The number of hydrogen-bond donors (Lipinski definition) is 1. The summed E-state index contributed by atoms with van der Waals surface area (Å²) in [5.41, 5.74) is 0.966. The third kappa shape index (κ3) is 3.07. The number of benzene rings is 2. The number of hydrogen-bond acceptors (Lipinski definition) is 6. The van der Waals surface area contributed by atoms with Gasteiger partial charge in [-0.15, -0.1) is 22.7 Å². The van der Waals surface area contributed by atoms with Crippen LogP contribution in [0.5, 0.6) is 0 Å². The number of amides is 1. The molecule has 1 N–H and O–H groups in total. The number of nitrogens with zero attached hydrogens (tertiary/aromatic N) is 2. The molecule has 2 aromatic heterocycles. The number of nitro groups is 1. The zero-order valence-electron chi connectivity index (χ0n) is 13.2. The summed E-state index contributed by atoms with van der Waals surface area (Å²) in [7, 11) is 0. The molecule has 0 saturated carbocycles. The lowest BCUT2D eigenvalue weighted by Crippen LogP contribution is -2.11. The normalized spacial score (nSPS) is 10.8. The van der Waals surface area contributed by atoms with Crippen LogP contribution >= 0.6 is 22.7 Å². The molecule has 0 atom stereocenters. The van der Waals surface area contributed by atoms with Crippen LogP contribution in [0.15, 0.2) is 60.7 Å². The first kappa shape index (κ1) is 16.4. The molecule has 0 aliphatic rings.